The molecule has 1 aromatic rings. The number of nitrogens with zero attached hydrogens (tertiary/aromatic N) is 1. The minimum absolute atomic E-state index is 0.303. The fourth-order valence-corrected chi connectivity index (χ4v) is 6.45. The van der Waals surface area contributed by atoms with Gasteiger partial charge in [-0.15, -0.1) is 0 Å². The molecule has 0 bridgehead atoms. The zero-order chi connectivity index (χ0) is 16.9. The average molecular weight is 357 g/mol. The first-order chi connectivity index (χ1) is 11.3. The van der Waals surface area contributed by atoms with Crippen LogP contribution in [0.15, 0.2) is 24.3 Å². The van der Waals surface area contributed by atoms with E-state index in [2.05, 4.69) is 4.90 Å². The Hall–Kier alpha value is -0.720. The van der Waals surface area contributed by atoms with Gasteiger partial charge in [0.05, 0.1) is 11.0 Å². The van der Waals surface area contributed by atoms with Gasteiger partial charge in [0, 0.05) is 12.6 Å². The van der Waals surface area contributed by atoms with Crippen LogP contribution in [0, 0.1) is 5.41 Å². The highest BCUT2D eigenvalue weighted by molar-refractivity contribution is 7.92. The van der Waals surface area contributed by atoms with Gasteiger partial charge >= 0.3 is 6.18 Å². The second-order valence-electron chi connectivity index (χ2n) is 7.73. The summed E-state index contributed by atoms with van der Waals surface area (Å²) in [5.41, 5.74) is 0.765. The van der Waals surface area contributed by atoms with Crippen LogP contribution < -0.4 is 0 Å². The lowest BCUT2D eigenvalue weighted by atomic mass is 9.91. The molecular formula is C18H22F3NOS. The van der Waals surface area contributed by atoms with Crippen molar-refractivity contribution in [3.8, 4) is 0 Å². The minimum atomic E-state index is -4.26. The van der Waals surface area contributed by atoms with Crippen molar-refractivity contribution in [3.05, 3.63) is 35.4 Å². The van der Waals surface area contributed by atoms with Crippen LogP contribution in [0.2, 0.25) is 0 Å². The first kappa shape index (κ1) is 16.7. The Morgan fingerprint density at radius 2 is 1.83 bits per heavy atom. The maximum absolute atomic E-state index is 12.7. The van der Waals surface area contributed by atoms with Gasteiger partial charge in [-0.05, 0) is 55.8 Å². The van der Waals surface area contributed by atoms with Crippen molar-refractivity contribution >= 4 is 11.2 Å². The lowest BCUT2D eigenvalue weighted by Gasteiger charge is -2.39. The molecule has 0 aromatic heterocycles. The minimum Gasteiger partial charge on any atom is -0.616 e. The Kier molecular flexibility index (Phi) is 4.13. The molecule has 24 heavy (non-hydrogen) atoms. The first-order valence-corrected chi connectivity index (χ1v) is 10.1. The van der Waals surface area contributed by atoms with E-state index < -0.39 is 22.9 Å². The third-order valence-corrected chi connectivity index (χ3v) is 7.90. The molecule has 1 saturated carbocycles. The molecule has 4 rings (SSSR count). The van der Waals surface area contributed by atoms with Crippen LogP contribution in [0.4, 0.5) is 13.2 Å². The predicted molar refractivity (Wildman–Crippen MR) is 88.3 cm³/mol. The van der Waals surface area contributed by atoms with Crippen LogP contribution >= 0.6 is 0 Å². The van der Waals surface area contributed by atoms with Gasteiger partial charge in [0.15, 0.2) is 0 Å². The predicted octanol–water partition coefficient (Wildman–Crippen LogP) is 3.80. The van der Waals surface area contributed by atoms with Gasteiger partial charge in [-0.25, -0.2) is 0 Å². The van der Waals surface area contributed by atoms with Crippen molar-refractivity contribution in [1.29, 1.82) is 0 Å². The van der Waals surface area contributed by atoms with Gasteiger partial charge in [-0.1, -0.05) is 23.3 Å². The topological polar surface area (TPSA) is 26.3 Å². The fourth-order valence-electron chi connectivity index (χ4n) is 4.69. The number of halogens is 3. The van der Waals surface area contributed by atoms with Gasteiger partial charge in [-0.2, -0.15) is 13.2 Å². The molecule has 6 heteroatoms. The van der Waals surface area contributed by atoms with E-state index in [4.69, 9.17) is 0 Å². The third kappa shape index (κ3) is 3.08. The quantitative estimate of drug-likeness (QED) is 0.753. The van der Waals surface area contributed by atoms with Gasteiger partial charge in [0.2, 0.25) is 0 Å². The molecule has 3 aliphatic rings. The monoisotopic (exact) mass is 357 g/mol. The van der Waals surface area contributed by atoms with Crippen molar-refractivity contribution < 1.29 is 17.7 Å². The van der Waals surface area contributed by atoms with E-state index in [1.807, 2.05) is 0 Å². The summed E-state index contributed by atoms with van der Waals surface area (Å²) in [4.78, 5) is 2.54. The zero-order valence-corrected chi connectivity index (χ0v) is 14.3. The molecule has 2 nitrogen and oxygen atoms in total. The van der Waals surface area contributed by atoms with Crippen molar-refractivity contribution in [2.75, 3.05) is 24.6 Å². The standard InChI is InChI=1S/C18H22F3NOS/c19-18(20,21)15-4-1-13(2-5-15)14-3-6-16(9-14)22-8-7-17(10-22)11-24(23)12-17/h1-2,4-5,14,16H,3,6-12H2. The fraction of sp³-hybridized carbons (Fsp3) is 0.667. The van der Waals surface area contributed by atoms with Crippen LogP contribution in [-0.2, 0) is 17.4 Å². The molecule has 2 unspecified atom stereocenters. The second-order valence-corrected chi connectivity index (χ2v) is 9.19. The number of alkyl halides is 3. The van der Waals surface area contributed by atoms with Crippen LogP contribution in [0.1, 0.15) is 42.7 Å². The largest absolute Gasteiger partial charge is 0.616 e. The number of hydrogen-bond donors (Lipinski definition) is 0. The molecule has 2 heterocycles. The number of likely N-dealkylation sites (tertiary alicyclic amines) is 1. The maximum Gasteiger partial charge on any atom is 0.416 e. The number of rotatable bonds is 2. The Morgan fingerprint density at radius 3 is 2.46 bits per heavy atom. The highest BCUT2D eigenvalue weighted by Gasteiger charge is 2.53. The molecule has 1 spiro atoms. The highest BCUT2D eigenvalue weighted by Crippen LogP contribution is 2.45. The smallest absolute Gasteiger partial charge is 0.416 e. The summed E-state index contributed by atoms with van der Waals surface area (Å²) in [6.45, 7) is 2.14. The third-order valence-electron chi connectivity index (χ3n) is 6.03. The van der Waals surface area contributed by atoms with Crippen molar-refractivity contribution in [3.63, 3.8) is 0 Å². The van der Waals surface area contributed by atoms with Crippen LogP contribution in [-0.4, -0.2) is 40.1 Å². The Balaban J connectivity index is 1.37. The SMILES string of the molecule is [O-][S+]1CC2(CCN(C3CCC(c4ccc(C(F)(F)F)cc4)C3)C2)C1. The van der Waals surface area contributed by atoms with Gasteiger partial charge < -0.3 is 4.55 Å². The second kappa shape index (κ2) is 5.92. The summed E-state index contributed by atoms with van der Waals surface area (Å²) in [6.07, 6.45) is 0.0878. The number of hydrogen-bond acceptors (Lipinski definition) is 2. The average Bonchev–Trinajstić information content (AvgIpc) is 3.13. The maximum atomic E-state index is 12.7. The molecule has 1 aromatic carbocycles. The molecule has 0 amide bonds. The Morgan fingerprint density at radius 1 is 1.12 bits per heavy atom. The number of benzene rings is 1. The Labute approximate surface area is 143 Å². The summed E-state index contributed by atoms with van der Waals surface area (Å²) in [7, 11) is 0. The molecule has 2 atom stereocenters. The van der Waals surface area contributed by atoms with Crippen molar-refractivity contribution in [2.45, 2.75) is 43.8 Å². The van der Waals surface area contributed by atoms with E-state index in [9.17, 15) is 17.7 Å². The molecule has 0 N–H and O–H groups in total. The van der Waals surface area contributed by atoms with E-state index in [1.54, 1.807) is 12.1 Å². The van der Waals surface area contributed by atoms with Gasteiger partial charge in [0.25, 0.3) is 0 Å². The lowest BCUT2D eigenvalue weighted by molar-refractivity contribution is -0.137. The van der Waals surface area contributed by atoms with Crippen LogP contribution in [0.3, 0.4) is 0 Å². The zero-order valence-electron chi connectivity index (χ0n) is 13.5. The van der Waals surface area contributed by atoms with E-state index in [0.29, 0.717) is 17.4 Å². The first-order valence-electron chi connectivity index (χ1n) is 8.61. The molecule has 1 aliphatic carbocycles. The van der Waals surface area contributed by atoms with Crippen molar-refractivity contribution in [2.24, 2.45) is 5.41 Å². The van der Waals surface area contributed by atoms with E-state index in [-0.39, 0.29) is 0 Å². The van der Waals surface area contributed by atoms with Gasteiger partial charge in [-0.3, -0.25) is 4.90 Å². The van der Waals surface area contributed by atoms with E-state index >= 15 is 0 Å². The van der Waals surface area contributed by atoms with E-state index in [0.717, 1.165) is 55.8 Å². The highest BCUT2D eigenvalue weighted by atomic mass is 32.2. The molecule has 132 valence electrons. The Bertz CT molecular complexity index is 597. The summed E-state index contributed by atoms with van der Waals surface area (Å²) in [6, 6.07) is 6.24. The molecular weight excluding hydrogens is 335 g/mol. The van der Waals surface area contributed by atoms with Crippen LogP contribution in [0.25, 0.3) is 0 Å². The lowest BCUT2D eigenvalue weighted by Crippen LogP contribution is -2.50. The van der Waals surface area contributed by atoms with Gasteiger partial charge in [0.1, 0.15) is 11.5 Å². The summed E-state index contributed by atoms with van der Waals surface area (Å²) >= 11 is -0.603. The van der Waals surface area contributed by atoms with E-state index in [1.165, 1.54) is 12.1 Å². The summed E-state index contributed by atoms with van der Waals surface area (Å²) in [5, 5.41) is 0. The van der Waals surface area contributed by atoms with Crippen molar-refractivity contribution in [1.82, 2.24) is 4.90 Å². The summed E-state index contributed by atoms with van der Waals surface area (Å²) in [5.74, 6) is 2.08. The normalized spacial score (nSPS) is 37.1. The molecule has 2 saturated heterocycles. The molecule has 3 fully saturated rings. The summed E-state index contributed by atoms with van der Waals surface area (Å²) < 4.78 is 49.5. The van der Waals surface area contributed by atoms with Crippen LogP contribution in [0.5, 0.6) is 0 Å². The molecule has 2 aliphatic heterocycles. The molecule has 0 radical (unpaired) electrons.